The molecule has 0 saturated heterocycles. The summed E-state index contributed by atoms with van der Waals surface area (Å²) in [6.07, 6.45) is 0.778. The lowest BCUT2D eigenvalue weighted by Crippen LogP contribution is -2.56. The van der Waals surface area contributed by atoms with Gasteiger partial charge in [0.25, 0.3) is 0 Å². The molecule has 0 saturated carbocycles. The van der Waals surface area contributed by atoms with E-state index in [0.717, 1.165) is 12.0 Å². The molecular formula is C15H24Cl2NOSi. The van der Waals surface area contributed by atoms with Gasteiger partial charge in [0.2, 0.25) is 0 Å². The smallest absolute Gasteiger partial charge is 0.130 e. The van der Waals surface area contributed by atoms with Crippen LogP contribution in [0.4, 0.5) is 0 Å². The highest BCUT2D eigenvalue weighted by atomic mass is 35.5. The molecule has 0 heterocycles. The molecule has 0 aliphatic carbocycles. The average molecular weight is 333 g/mol. The van der Waals surface area contributed by atoms with Crippen molar-refractivity contribution in [2.24, 2.45) is 0 Å². The Labute approximate surface area is 134 Å². The summed E-state index contributed by atoms with van der Waals surface area (Å²) < 4.78 is 2.44. The lowest BCUT2D eigenvalue weighted by molar-refractivity contribution is 0.121. The highest BCUT2D eigenvalue weighted by molar-refractivity contribution is 6.52. The normalized spacial score (nSPS) is 14.1. The third-order valence-corrected chi connectivity index (χ3v) is 5.97. The molecule has 0 aliphatic rings. The van der Waals surface area contributed by atoms with Crippen LogP contribution in [-0.2, 0) is 6.42 Å². The minimum absolute atomic E-state index is 0.0431. The van der Waals surface area contributed by atoms with Gasteiger partial charge in [-0.2, -0.15) is 0 Å². The maximum absolute atomic E-state index is 9.81. The number of benzene rings is 1. The number of aliphatic hydroxyl groups excluding tert-OH is 1. The van der Waals surface area contributed by atoms with Crippen molar-refractivity contribution >= 4 is 32.2 Å². The van der Waals surface area contributed by atoms with E-state index in [0.29, 0.717) is 10.0 Å². The summed E-state index contributed by atoms with van der Waals surface area (Å²) in [4.78, 5) is 0. The number of hydrogen-bond acceptors (Lipinski definition) is 2. The Hall–Kier alpha value is -0.0631. The molecule has 0 amide bonds. The highest BCUT2D eigenvalue weighted by Crippen LogP contribution is 2.26. The minimum atomic E-state index is -0.664. The summed E-state index contributed by atoms with van der Waals surface area (Å²) in [5, 5.41) is 10.9. The van der Waals surface area contributed by atoms with Gasteiger partial charge in [0.05, 0.1) is 16.7 Å². The molecule has 1 rings (SSSR count). The summed E-state index contributed by atoms with van der Waals surface area (Å²) in [6.45, 7) is 11.3. The minimum Gasteiger partial charge on any atom is -0.395 e. The molecule has 0 aromatic heterocycles. The number of hydrogen-bond donors (Lipinski definition) is 1. The third kappa shape index (κ3) is 4.74. The lowest BCUT2D eigenvalue weighted by Gasteiger charge is -2.44. The Morgan fingerprint density at radius 3 is 2.20 bits per heavy atom. The summed E-state index contributed by atoms with van der Waals surface area (Å²) in [5.41, 5.74) is 1.15. The molecule has 113 valence electrons. The number of aliphatic hydroxyl groups is 1. The maximum Gasteiger partial charge on any atom is 0.130 e. The van der Waals surface area contributed by atoms with Gasteiger partial charge >= 0.3 is 0 Å². The van der Waals surface area contributed by atoms with Crippen molar-refractivity contribution in [2.45, 2.75) is 51.9 Å². The van der Waals surface area contributed by atoms with Crippen LogP contribution in [0.3, 0.4) is 0 Å². The molecule has 0 fully saturated rings. The van der Waals surface area contributed by atoms with Gasteiger partial charge in [-0.3, -0.25) is 0 Å². The molecule has 5 heteroatoms. The first-order valence-corrected chi connectivity index (χ1v) is 10.0. The second-order valence-electron chi connectivity index (χ2n) is 6.28. The molecule has 1 aromatic rings. The lowest BCUT2D eigenvalue weighted by atomic mass is 10.0. The fraction of sp³-hybridized carbons (Fsp3) is 0.600. The van der Waals surface area contributed by atoms with E-state index in [1.165, 1.54) is 0 Å². The second kappa shape index (κ2) is 7.28. The summed E-state index contributed by atoms with van der Waals surface area (Å²) in [5.74, 6) is 0. The predicted octanol–water partition coefficient (Wildman–Crippen LogP) is 4.25. The van der Waals surface area contributed by atoms with Crippen LogP contribution in [-0.4, -0.2) is 36.8 Å². The van der Waals surface area contributed by atoms with Crippen molar-refractivity contribution in [3.8, 4) is 0 Å². The standard InChI is InChI=1S/C15H24Cl2NOSi/c1-15(2,3)18(20(4)5)12(10-19)8-11-6-7-13(16)14(17)9-11/h6-7,9,12,19H,8,10H2,1-5H3/t12-/m0/s1. The number of rotatable bonds is 5. The first-order valence-electron chi connectivity index (χ1n) is 6.81. The van der Waals surface area contributed by atoms with Gasteiger partial charge in [-0.25, -0.2) is 0 Å². The van der Waals surface area contributed by atoms with Crippen molar-refractivity contribution in [1.82, 2.24) is 4.57 Å². The van der Waals surface area contributed by atoms with Crippen molar-refractivity contribution < 1.29 is 5.11 Å². The largest absolute Gasteiger partial charge is 0.395 e. The SMILES string of the molecule is C[Si](C)N([C@H](CO)Cc1ccc(Cl)c(Cl)c1)C(C)(C)C. The zero-order valence-electron chi connectivity index (χ0n) is 12.9. The van der Waals surface area contributed by atoms with E-state index in [9.17, 15) is 5.11 Å². The second-order valence-corrected chi connectivity index (χ2v) is 9.47. The van der Waals surface area contributed by atoms with Crippen molar-refractivity contribution in [1.29, 1.82) is 0 Å². The zero-order chi connectivity index (χ0) is 15.5. The van der Waals surface area contributed by atoms with E-state index in [1.807, 2.05) is 18.2 Å². The maximum atomic E-state index is 9.81. The van der Waals surface area contributed by atoms with Crippen LogP contribution < -0.4 is 0 Å². The zero-order valence-corrected chi connectivity index (χ0v) is 15.4. The molecule has 2 nitrogen and oxygen atoms in total. The monoisotopic (exact) mass is 332 g/mol. The molecule has 1 radical (unpaired) electrons. The van der Waals surface area contributed by atoms with E-state index >= 15 is 0 Å². The molecule has 0 spiro atoms. The number of halogens is 2. The fourth-order valence-corrected chi connectivity index (χ4v) is 5.33. The van der Waals surface area contributed by atoms with E-state index in [1.54, 1.807) is 0 Å². The van der Waals surface area contributed by atoms with Crippen LogP contribution in [0.15, 0.2) is 18.2 Å². The van der Waals surface area contributed by atoms with Gasteiger partial charge in [-0.05, 0) is 44.9 Å². The molecule has 1 N–H and O–H groups in total. The quantitative estimate of drug-likeness (QED) is 0.815. The van der Waals surface area contributed by atoms with Crippen LogP contribution in [0.25, 0.3) is 0 Å². The van der Waals surface area contributed by atoms with E-state index in [2.05, 4.69) is 38.4 Å². The highest BCUT2D eigenvalue weighted by Gasteiger charge is 2.31. The molecular weight excluding hydrogens is 309 g/mol. The van der Waals surface area contributed by atoms with Gasteiger partial charge in [-0.1, -0.05) is 42.4 Å². The first kappa shape index (κ1) is 18.0. The third-order valence-electron chi connectivity index (χ3n) is 3.24. The molecule has 0 unspecified atom stereocenters. The molecule has 0 bridgehead atoms. The summed E-state index contributed by atoms with van der Waals surface area (Å²) in [7, 11) is -0.664. The van der Waals surface area contributed by atoms with Gasteiger partial charge < -0.3 is 9.67 Å². The predicted molar refractivity (Wildman–Crippen MR) is 90.1 cm³/mol. The van der Waals surface area contributed by atoms with Crippen molar-refractivity contribution in [3.63, 3.8) is 0 Å². The fourth-order valence-electron chi connectivity index (χ4n) is 2.76. The number of nitrogens with zero attached hydrogens (tertiary/aromatic N) is 1. The van der Waals surface area contributed by atoms with E-state index in [4.69, 9.17) is 23.2 Å². The van der Waals surface area contributed by atoms with Gasteiger partial charge in [0.1, 0.15) is 8.96 Å². The van der Waals surface area contributed by atoms with Crippen LogP contribution in [0.1, 0.15) is 26.3 Å². The van der Waals surface area contributed by atoms with Crippen LogP contribution in [0.2, 0.25) is 23.1 Å². The topological polar surface area (TPSA) is 23.5 Å². The Morgan fingerprint density at radius 2 is 1.80 bits per heavy atom. The Morgan fingerprint density at radius 1 is 1.20 bits per heavy atom. The van der Waals surface area contributed by atoms with Crippen molar-refractivity contribution in [3.05, 3.63) is 33.8 Å². The Bertz CT molecular complexity index is 446. The molecule has 20 heavy (non-hydrogen) atoms. The van der Waals surface area contributed by atoms with E-state index in [-0.39, 0.29) is 18.2 Å². The van der Waals surface area contributed by atoms with Crippen molar-refractivity contribution in [2.75, 3.05) is 6.61 Å². The first-order chi connectivity index (χ1) is 9.16. The van der Waals surface area contributed by atoms with E-state index < -0.39 is 8.96 Å². The molecule has 1 atom stereocenters. The van der Waals surface area contributed by atoms with Crippen LogP contribution >= 0.6 is 23.2 Å². The Kier molecular flexibility index (Phi) is 6.54. The van der Waals surface area contributed by atoms with Gasteiger partial charge in [-0.15, -0.1) is 0 Å². The average Bonchev–Trinajstić information content (AvgIpc) is 2.30. The summed E-state index contributed by atoms with van der Waals surface area (Å²) in [6, 6.07) is 5.80. The molecule has 0 aliphatic heterocycles. The Balaban J connectivity index is 2.97. The van der Waals surface area contributed by atoms with Gasteiger partial charge in [0.15, 0.2) is 0 Å². The van der Waals surface area contributed by atoms with Crippen LogP contribution in [0, 0.1) is 0 Å². The van der Waals surface area contributed by atoms with Gasteiger partial charge in [0, 0.05) is 11.6 Å². The summed E-state index contributed by atoms with van der Waals surface area (Å²) >= 11 is 12.0. The molecule has 1 aromatic carbocycles. The van der Waals surface area contributed by atoms with Crippen LogP contribution in [0.5, 0.6) is 0 Å².